The smallest absolute Gasteiger partial charge is 0.257 e. The zero-order valence-electron chi connectivity index (χ0n) is 14.3. The average Bonchev–Trinajstić information content (AvgIpc) is 2.58. The zero-order chi connectivity index (χ0) is 18.2. The van der Waals surface area contributed by atoms with E-state index in [9.17, 15) is 4.79 Å². The van der Waals surface area contributed by atoms with Gasteiger partial charge >= 0.3 is 0 Å². The van der Waals surface area contributed by atoms with Crippen molar-refractivity contribution in [3.8, 4) is 5.75 Å². The van der Waals surface area contributed by atoms with E-state index >= 15 is 0 Å². The Morgan fingerprint density at radius 1 is 1.24 bits per heavy atom. The van der Waals surface area contributed by atoms with E-state index in [2.05, 4.69) is 33.5 Å². The minimum atomic E-state index is -0.276. The number of anilines is 1. The lowest BCUT2D eigenvalue weighted by atomic mass is 10.2. The normalized spacial score (nSPS) is 10.2. The summed E-state index contributed by atoms with van der Waals surface area (Å²) in [5, 5.41) is 5.94. The summed E-state index contributed by atoms with van der Waals surface area (Å²) in [5.74, 6) is 0.405. The average molecular weight is 421 g/mol. The molecule has 0 aromatic heterocycles. The highest BCUT2D eigenvalue weighted by Crippen LogP contribution is 2.23. The Labute approximate surface area is 162 Å². The van der Waals surface area contributed by atoms with Crippen LogP contribution in [0.4, 0.5) is 5.69 Å². The fourth-order valence-corrected chi connectivity index (χ4v) is 2.91. The Morgan fingerprint density at radius 2 is 2.04 bits per heavy atom. The van der Waals surface area contributed by atoms with E-state index in [-0.39, 0.29) is 11.0 Å². The number of nitrogens with one attached hydrogen (secondary N) is 2. The van der Waals surface area contributed by atoms with Crippen LogP contribution in [0.3, 0.4) is 0 Å². The van der Waals surface area contributed by atoms with Crippen molar-refractivity contribution in [2.75, 3.05) is 11.9 Å². The van der Waals surface area contributed by atoms with Gasteiger partial charge in [0, 0.05) is 10.0 Å². The van der Waals surface area contributed by atoms with E-state index in [4.69, 9.17) is 17.0 Å². The van der Waals surface area contributed by atoms with Gasteiger partial charge in [-0.1, -0.05) is 25.5 Å². The summed E-state index contributed by atoms with van der Waals surface area (Å²) in [6, 6.07) is 12.9. The number of halogens is 1. The number of amides is 1. The second-order valence-corrected chi connectivity index (χ2v) is 6.88. The van der Waals surface area contributed by atoms with Crippen molar-refractivity contribution < 1.29 is 9.53 Å². The Balaban J connectivity index is 1.96. The molecule has 2 rings (SSSR count). The summed E-state index contributed by atoms with van der Waals surface area (Å²) < 4.78 is 6.51. The fraction of sp³-hybridized carbons (Fsp3) is 0.263. The number of aryl methyl sites for hydroxylation is 1. The van der Waals surface area contributed by atoms with Crippen molar-refractivity contribution in [1.29, 1.82) is 0 Å². The summed E-state index contributed by atoms with van der Waals surface area (Å²) in [6.45, 7) is 4.75. The maximum atomic E-state index is 12.4. The third-order valence-corrected chi connectivity index (χ3v) is 4.32. The molecule has 25 heavy (non-hydrogen) atoms. The molecule has 0 aliphatic heterocycles. The van der Waals surface area contributed by atoms with Gasteiger partial charge < -0.3 is 10.1 Å². The summed E-state index contributed by atoms with van der Waals surface area (Å²) >= 11 is 8.70. The van der Waals surface area contributed by atoms with Crippen LogP contribution in [0, 0.1) is 6.92 Å². The van der Waals surface area contributed by atoms with Gasteiger partial charge in [-0.05, 0) is 77.4 Å². The van der Waals surface area contributed by atoms with Crippen LogP contribution >= 0.6 is 28.1 Å². The van der Waals surface area contributed by atoms with Gasteiger partial charge in [0.15, 0.2) is 5.11 Å². The molecule has 2 aromatic carbocycles. The fourth-order valence-electron chi connectivity index (χ4n) is 2.11. The van der Waals surface area contributed by atoms with Gasteiger partial charge in [-0.15, -0.1) is 0 Å². The number of hydrogen-bond acceptors (Lipinski definition) is 3. The first-order valence-electron chi connectivity index (χ1n) is 8.11. The molecular weight excluding hydrogens is 400 g/mol. The molecule has 2 aromatic rings. The molecule has 0 heterocycles. The van der Waals surface area contributed by atoms with Crippen LogP contribution in [0.25, 0.3) is 0 Å². The third kappa shape index (κ3) is 6.14. The molecule has 0 unspecified atom stereocenters. The number of thiocarbonyl (C=S) groups is 1. The Kier molecular flexibility index (Phi) is 7.40. The molecule has 0 aliphatic carbocycles. The van der Waals surface area contributed by atoms with Crippen LogP contribution in [0.2, 0.25) is 0 Å². The van der Waals surface area contributed by atoms with Gasteiger partial charge in [-0.25, -0.2) is 0 Å². The molecule has 2 N–H and O–H groups in total. The second-order valence-electron chi connectivity index (χ2n) is 5.62. The number of carbonyl (C=O) groups excluding carboxylic acids is 1. The lowest BCUT2D eigenvalue weighted by Crippen LogP contribution is -2.34. The predicted octanol–water partition coefficient (Wildman–Crippen LogP) is 5.06. The first-order valence-corrected chi connectivity index (χ1v) is 9.31. The molecule has 0 spiro atoms. The van der Waals surface area contributed by atoms with E-state index in [1.54, 1.807) is 18.2 Å². The quantitative estimate of drug-likeness (QED) is 0.506. The number of unbranched alkanes of at least 4 members (excludes halogenated alkanes) is 1. The van der Waals surface area contributed by atoms with Crippen molar-refractivity contribution in [1.82, 2.24) is 5.32 Å². The molecule has 4 nitrogen and oxygen atoms in total. The molecule has 0 bridgehead atoms. The molecule has 1 amide bonds. The minimum Gasteiger partial charge on any atom is -0.494 e. The van der Waals surface area contributed by atoms with Crippen LogP contribution in [0.15, 0.2) is 46.9 Å². The highest BCUT2D eigenvalue weighted by atomic mass is 79.9. The monoisotopic (exact) mass is 420 g/mol. The van der Waals surface area contributed by atoms with E-state index in [0.717, 1.165) is 28.6 Å². The van der Waals surface area contributed by atoms with Crippen molar-refractivity contribution in [3.63, 3.8) is 0 Å². The van der Waals surface area contributed by atoms with Crippen LogP contribution in [0.1, 0.15) is 35.7 Å². The first-order chi connectivity index (χ1) is 12.0. The van der Waals surface area contributed by atoms with E-state index in [0.29, 0.717) is 17.9 Å². The highest BCUT2D eigenvalue weighted by molar-refractivity contribution is 9.10. The van der Waals surface area contributed by atoms with E-state index in [1.165, 1.54) is 0 Å². The third-order valence-electron chi connectivity index (χ3n) is 3.46. The maximum absolute atomic E-state index is 12.4. The van der Waals surface area contributed by atoms with Crippen LogP contribution in [-0.4, -0.2) is 17.6 Å². The summed E-state index contributed by atoms with van der Waals surface area (Å²) in [5.41, 5.74) is 2.43. The minimum absolute atomic E-state index is 0.242. The van der Waals surface area contributed by atoms with Gasteiger partial charge in [0.25, 0.3) is 5.91 Å². The molecule has 132 valence electrons. The molecule has 0 radical (unpaired) electrons. The molecule has 0 saturated heterocycles. The molecule has 0 aliphatic rings. The van der Waals surface area contributed by atoms with E-state index < -0.39 is 0 Å². The topological polar surface area (TPSA) is 50.4 Å². The number of rotatable bonds is 6. The number of ether oxygens (including phenoxy) is 1. The van der Waals surface area contributed by atoms with Crippen LogP contribution in [0.5, 0.6) is 5.75 Å². The predicted molar refractivity (Wildman–Crippen MR) is 109 cm³/mol. The molecule has 0 atom stereocenters. The van der Waals surface area contributed by atoms with Crippen LogP contribution in [-0.2, 0) is 0 Å². The van der Waals surface area contributed by atoms with Crippen LogP contribution < -0.4 is 15.4 Å². The summed E-state index contributed by atoms with van der Waals surface area (Å²) in [6.07, 6.45) is 2.05. The highest BCUT2D eigenvalue weighted by Gasteiger charge is 2.10. The number of hydrogen-bond donors (Lipinski definition) is 2. The lowest BCUT2D eigenvalue weighted by Gasteiger charge is -2.12. The van der Waals surface area contributed by atoms with Gasteiger partial charge in [-0.3, -0.25) is 10.1 Å². The summed E-state index contributed by atoms with van der Waals surface area (Å²) in [7, 11) is 0. The largest absolute Gasteiger partial charge is 0.494 e. The maximum Gasteiger partial charge on any atom is 0.257 e. The standard InChI is InChI=1S/C19H21BrN2O2S/c1-3-4-10-24-15-7-5-6-14(12-15)18(23)22-19(25)21-17-9-8-13(2)11-16(17)20/h5-9,11-12H,3-4,10H2,1-2H3,(H2,21,22,23,25). The Bertz CT molecular complexity index is 765. The number of carbonyl (C=O) groups is 1. The Hall–Kier alpha value is -1.92. The molecule has 0 saturated carbocycles. The molecule has 6 heteroatoms. The summed E-state index contributed by atoms with van der Waals surface area (Å²) in [4.78, 5) is 12.4. The van der Waals surface area contributed by atoms with Gasteiger partial charge in [0.05, 0.1) is 12.3 Å². The Morgan fingerprint density at radius 3 is 2.76 bits per heavy atom. The van der Waals surface area contributed by atoms with Gasteiger partial charge in [-0.2, -0.15) is 0 Å². The second kappa shape index (κ2) is 9.53. The zero-order valence-corrected chi connectivity index (χ0v) is 16.7. The first kappa shape index (κ1) is 19.4. The van der Waals surface area contributed by atoms with Crippen molar-refractivity contribution >= 4 is 44.9 Å². The van der Waals surface area contributed by atoms with E-state index in [1.807, 2.05) is 31.2 Å². The SMILES string of the molecule is CCCCOc1cccc(C(=O)NC(=S)Nc2ccc(C)cc2Br)c1. The number of benzene rings is 2. The van der Waals surface area contributed by atoms with Crippen molar-refractivity contribution in [2.24, 2.45) is 0 Å². The lowest BCUT2D eigenvalue weighted by molar-refractivity contribution is 0.0977. The molecule has 0 fully saturated rings. The molecular formula is C19H21BrN2O2S. The van der Waals surface area contributed by atoms with Crippen molar-refractivity contribution in [2.45, 2.75) is 26.7 Å². The van der Waals surface area contributed by atoms with Gasteiger partial charge in [0.2, 0.25) is 0 Å². The van der Waals surface area contributed by atoms with Gasteiger partial charge in [0.1, 0.15) is 5.75 Å². The van der Waals surface area contributed by atoms with Crippen molar-refractivity contribution in [3.05, 3.63) is 58.1 Å².